The van der Waals surface area contributed by atoms with E-state index in [-0.39, 0.29) is 30.3 Å². The molecule has 9 heteroatoms. The molecule has 9 nitrogen and oxygen atoms in total. The fraction of sp³-hybridized carbons (Fsp3) is 0.333. The van der Waals surface area contributed by atoms with Gasteiger partial charge in [-0.05, 0) is 24.3 Å². The van der Waals surface area contributed by atoms with Gasteiger partial charge in [0.15, 0.2) is 0 Å². The number of piperazine rings is 1. The minimum atomic E-state index is -0.484. The Bertz CT molecular complexity index is 911. The third-order valence-electron chi connectivity index (χ3n) is 4.90. The first-order valence-electron chi connectivity index (χ1n) is 9.70. The zero-order valence-electron chi connectivity index (χ0n) is 16.7. The molecular formula is C21H24N4O5. The van der Waals surface area contributed by atoms with Crippen molar-refractivity contribution in [3.05, 3.63) is 64.2 Å². The Balaban J connectivity index is 1.60. The van der Waals surface area contributed by atoms with Crippen molar-refractivity contribution in [1.82, 2.24) is 10.2 Å². The highest BCUT2D eigenvalue weighted by molar-refractivity contribution is 5.95. The second kappa shape index (κ2) is 9.73. The number of rotatable bonds is 7. The van der Waals surface area contributed by atoms with Gasteiger partial charge in [-0.15, -0.1) is 0 Å². The fourth-order valence-electron chi connectivity index (χ4n) is 3.29. The van der Waals surface area contributed by atoms with Gasteiger partial charge in [0, 0.05) is 44.7 Å². The molecule has 0 bridgehead atoms. The molecule has 2 aromatic rings. The Morgan fingerprint density at radius 2 is 1.80 bits per heavy atom. The number of benzene rings is 2. The van der Waals surface area contributed by atoms with Gasteiger partial charge in [0.1, 0.15) is 18.0 Å². The molecule has 0 unspecified atom stereocenters. The van der Waals surface area contributed by atoms with Crippen LogP contribution in [0.1, 0.15) is 17.3 Å². The number of ether oxygens (including phenoxy) is 1. The maximum Gasteiger partial charge on any atom is 0.293 e. The summed E-state index contributed by atoms with van der Waals surface area (Å²) in [6, 6.07) is 13.7. The van der Waals surface area contributed by atoms with E-state index in [1.165, 1.54) is 13.0 Å². The molecule has 3 rings (SSSR count). The van der Waals surface area contributed by atoms with Gasteiger partial charge in [-0.1, -0.05) is 18.2 Å². The summed E-state index contributed by atoms with van der Waals surface area (Å²) >= 11 is 0. The van der Waals surface area contributed by atoms with Gasteiger partial charge in [0.2, 0.25) is 5.91 Å². The summed E-state index contributed by atoms with van der Waals surface area (Å²) in [5, 5.41) is 14.3. The summed E-state index contributed by atoms with van der Waals surface area (Å²) in [5.74, 6) is 0.298. The van der Waals surface area contributed by atoms with Crippen LogP contribution < -0.4 is 15.0 Å². The Kier molecular flexibility index (Phi) is 6.84. The highest BCUT2D eigenvalue weighted by atomic mass is 16.6. The van der Waals surface area contributed by atoms with E-state index in [9.17, 15) is 19.7 Å². The van der Waals surface area contributed by atoms with Crippen LogP contribution in [0.15, 0.2) is 48.5 Å². The number of carbonyl (C=O) groups is 2. The molecule has 0 atom stereocenters. The van der Waals surface area contributed by atoms with Crippen molar-refractivity contribution in [3.63, 3.8) is 0 Å². The number of nitrogens with zero attached hydrogens (tertiary/aromatic N) is 3. The van der Waals surface area contributed by atoms with Crippen molar-refractivity contribution >= 4 is 23.2 Å². The van der Waals surface area contributed by atoms with Crippen LogP contribution in [-0.4, -0.2) is 61.0 Å². The van der Waals surface area contributed by atoms with Crippen molar-refractivity contribution < 1.29 is 19.2 Å². The molecule has 158 valence electrons. The lowest BCUT2D eigenvalue weighted by Gasteiger charge is -2.35. The molecule has 30 heavy (non-hydrogen) atoms. The standard InChI is InChI=1S/C21H24N4O5/c1-16(26)23-10-12-24(13-11-23)19-8-7-17(15-20(19)25(28)29)21(27)22-9-14-30-18-5-3-2-4-6-18/h2-8,15H,9-14H2,1H3,(H,22,27). The molecule has 1 fully saturated rings. The van der Waals surface area contributed by atoms with E-state index in [1.807, 2.05) is 35.2 Å². The first kappa shape index (κ1) is 21.1. The molecule has 2 aromatic carbocycles. The van der Waals surface area contributed by atoms with Crippen LogP contribution in [0.25, 0.3) is 0 Å². The van der Waals surface area contributed by atoms with Gasteiger partial charge in [0.05, 0.1) is 11.5 Å². The third kappa shape index (κ3) is 5.25. The molecule has 0 aromatic heterocycles. The molecule has 1 heterocycles. The Morgan fingerprint density at radius 1 is 1.10 bits per heavy atom. The maximum atomic E-state index is 12.4. The SMILES string of the molecule is CC(=O)N1CCN(c2ccc(C(=O)NCCOc3ccccc3)cc2[N+](=O)[O-])CC1. The van der Waals surface area contributed by atoms with Crippen molar-refractivity contribution in [1.29, 1.82) is 0 Å². The van der Waals surface area contributed by atoms with Gasteiger partial charge < -0.3 is 19.9 Å². The van der Waals surface area contributed by atoms with Crippen LogP contribution in [0.2, 0.25) is 0 Å². The minimum Gasteiger partial charge on any atom is -0.492 e. The first-order valence-corrected chi connectivity index (χ1v) is 9.70. The molecule has 1 aliphatic rings. The smallest absolute Gasteiger partial charge is 0.293 e. The fourth-order valence-corrected chi connectivity index (χ4v) is 3.29. The quantitative estimate of drug-likeness (QED) is 0.424. The number of para-hydroxylation sites is 1. The zero-order chi connectivity index (χ0) is 21.5. The second-order valence-electron chi connectivity index (χ2n) is 6.87. The van der Waals surface area contributed by atoms with Crippen molar-refractivity contribution in [2.75, 3.05) is 44.2 Å². The summed E-state index contributed by atoms with van der Waals surface area (Å²) < 4.78 is 5.52. The molecular weight excluding hydrogens is 388 g/mol. The zero-order valence-corrected chi connectivity index (χ0v) is 16.7. The Hall–Kier alpha value is -3.62. The predicted octanol–water partition coefficient (Wildman–Crippen LogP) is 2.07. The molecule has 0 radical (unpaired) electrons. The maximum absolute atomic E-state index is 12.4. The summed E-state index contributed by atoms with van der Waals surface area (Å²) in [6.45, 7) is 4.10. The van der Waals surface area contributed by atoms with Gasteiger partial charge in [-0.2, -0.15) is 0 Å². The minimum absolute atomic E-state index is 0.00703. The Labute approximate surface area is 174 Å². The van der Waals surface area contributed by atoms with Gasteiger partial charge in [-0.25, -0.2) is 0 Å². The van der Waals surface area contributed by atoms with E-state index in [0.717, 1.165) is 0 Å². The predicted molar refractivity (Wildman–Crippen MR) is 112 cm³/mol. The molecule has 1 N–H and O–H groups in total. The average molecular weight is 412 g/mol. The van der Waals surface area contributed by atoms with Crippen LogP contribution in [-0.2, 0) is 4.79 Å². The number of nitro benzene ring substituents is 1. The number of amides is 2. The van der Waals surface area contributed by atoms with E-state index in [2.05, 4.69) is 5.32 Å². The molecule has 0 spiro atoms. The van der Waals surface area contributed by atoms with E-state index in [0.29, 0.717) is 37.6 Å². The lowest BCUT2D eigenvalue weighted by Crippen LogP contribution is -2.48. The van der Waals surface area contributed by atoms with Crippen LogP contribution >= 0.6 is 0 Å². The average Bonchev–Trinajstić information content (AvgIpc) is 2.77. The van der Waals surface area contributed by atoms with Crippen LogP contribution in [0.4, 0.5) is 11.4 Å². The van der Waals surface area contributed by atoms with Crippen LogP contribution in [0.3, 0.4) is 0 Å². The Morgan fingerprint density at radius 3 is 2.43 bits per heavy atom. The van der Waals surface area contributed by atoms with Crippen molar-refractivity contribution in [2.45, 2.75) is 6.92 Å². The lowest BCUT2D eigenvalue weighted by molar-refractivity contribution is -0.384. The first-order chi connectivity index (χ1) is 14.5. The normalized spacial score (nSPS) is 13.6. The van der Waals surface area contributed by atoms with E-state index < -0.39 is 10.8 Å². The van der Waals surface area contributed by atoms with E-state index >= 15 is 0 Å². The monoisotopic (exact) mass is 412 g/mol. The number of anilines is 1. The number of hydrogen-bond donors (Lipinski definition) is 1. The van der Waals surface area contributed by atoms with E-state index in [4.69, 9.17) is 4.74 Å². The highest BCUT2D eigenvalue weighted by Crippen LogP contribution is 2.30. The molecule has 0 saturated carbocycles. The summed E-state index contributed by atoms with van der Waals surface area (Å²) in [5.41, 5.74) is 0.541. The van der Waals surface area contributed by atoms with Gasteiger partial charge >= 0.3 is 0 Å². The van der Waals surface area contributed by atoms with Gasteiger partial charge in [-0.3, -0.25) is 19.7 Å². The topological polar surface area (TPSA) is 105 Å². The van der Waals surface area contributed by atoms with Crippen LogP contribution in [0.5, 0.6) is 5.75 Å². The highest BCUT2D eigenvalue weighted by Gasteiger charge is 2.25. The number of nitrogens with one attached hydrogen (secondary N) is 1. The number of nitro groups is 1. The van der Waals surface area contributed by atoms with Crippen molar-refractivity contribution in [3.8, 4) is 5.75 Å². The lowest BCUT2D eigenvalue weighted by atomic mass is 10.1. The van der Waals surface area contributed by atoms with Crippen LogP contribution in [0, 0.1) is 10.1 Å². The third-order valence-corrected chi connectivity index (χ3v) is 4.90. The largest absolute Gasteiger partial charge is 0.492 e. The second-order valence-corrected chi connectivity index (χ2v) is 6.87. The van der Waals surface area contributed by atoms with Gasteiger partial charge in [0.25, 0.3) is 11.6 Å². The molecule has 0 aliphatic carbocycles. The number of hydrogen-bond acceptors (Lipinski definition) is 6. The summed E-state index contributed by atoms with van der Waals surface area (Å²) in [4.78, 5) is 38.5. The van der Waals surface area contributed by atoms with E-state index in [1.54, 1.807) is 17.0 Å². The summed E-state index contributed by atoms with van der Waals surface area (Å²) in [6.07, 6.45) is 0. The molecule has 2 amide bonds. The van der Waals surface area contributed by atoms with Crippen molar-refractivity contribution in [2.24, 2.45) is 0 Å². The molecule has 1 aliphatic heterocycles. The summed E-state index contributed by atoms with van der Waals surface area (Å²) in [7, 11) is 0. The molecule has 1 saturated heterocycles. The number of carbonyl (C=O) groups excluding carboxylic acids is 2.